The summed E-state index contributed by atoms with van der Waals surface area (Å²) in [5.74, 6) is 0. The quantitative estimate of drug-likeness (QED) is 0.796. The van der Waals surface area contributed by atoms with Crippen LogP contribution in [0.4, 0.5) is 0 Å². The van der Waals surface area contributed by atoms with Gasteiger partial charge in [-0.2, -0.15) is 0 Å². The molecule has 0 aromatic carbocycles. The highest BCUT2D eigenvalue weighted by atomic mass is 32.1. The van der Waals surface area contributed by atoms with Crippen molar-refractivity contribution in [3.63, 3.8) is 0 Å². The molecule has 0 radical (unpaired) electrons. The standard InChI is InChI=1S/C10H16N2OS/c1-10(2)8(3-9(10)13)11-4-7-5-14-6-12-7/h5-6,8-9,11,13H,3-4H2,1-2H3. The Morgan fingerprint density at radius 1 is 1.71 bits per heavy atom. The van der Waals surface area contributed by atoms with Gasteiger partial charge in [-0.15, -0.1) is 11.3 Å². The summed E-state index contributed by atoms with van der Waals surface area (Å²) in [4.78, 5) is 4.21. The molecular formula is C10H16N2OS. The molecule has 2 unspecified atom stereocenters. The van der Waals surface area contributed by atoms with E-state index >= 15 is 0 Å². The highest BCUT2D eigenvalue weighted by Gasteiger charge is 2.46. The zero-order valence-corrected chi connectivity index (χ0v) is 9.34. The fourth-order valence-electron chi connectivity index (χ4n) is 1.80. The van der Waals surface area contributed by atoms with Crippen LogP contribution in [0.1, 0.15) is 26.0 Å². The molecular weight excluding hydrogens is 196 g/mol. The Morgan fingerprint density at radius 3 is 3.00 bits per heavy atom. The van der Waals surface area contributed by atoms with Crippen molar-refractivity contribution in [1.82, 2.24) is 10.3 Å². The molecule has 1 heterocycles. The summed E-state index contributed by atoms with van der Waals surface area (Å²) >= 11 is 1.62. The van der Waals surface area contributed by atoms with E-state index in [1.165, 1.54) is 0 Å². The van der Waals surface area contributed by atoms with Crippen LogP contribution in [0.5, 0.6) is 0 Å². The summed E-state index contributed by atoms with van der Waals surface area (Å²) in [6.07, 6.45) is 0.701. The monoisotopic (exact) mass is 212 g/mol. The van der Waals surface area contributed by atoms with Crippen LogP contribution in [-0.2, 0) is 6.54 Å². The number of nitrogens with one attached hydrogen (secondary N) is 1. The molecule has 1 saturated carbocycles. The lowest BCUT2D eigenvalue weighted by atomic mass is 9.64. The maximum atomic E-state index is 9.55. The van der Waals surface area contributed by atoms with E-state index in [0.717, 1.165) is 18.7 Å². The van der Waals surface area contributed by atoms with Gasteiger partial charge in [0.2, 0.25) is 0 Å². The zero-order chi connectivity index (χ0) is 10.2. The van der Waals surface area contributed by atoms with Crippen molar-refractivity contribution < 1.29 is 5.11 Å². The maximum Gasteiger partial charge on any atom is 0.0795 e. The van der Waals surface area contributed by atoms with E-state index in [1.54, 1.807) is 11.3 Å². The molecule has 1 aliphatic carbocycles. The Kier molecular flexibility index (Phi) is 2.60. The topological polar surface area (TPSA) is 45.1 Å². The average Bonchev–Trinajstić information content (AvgIpc) is 2.64. The van der Waals surface area contributed by atoms with Gasteiger partial charge in [0.15, 0.2) is 0 Å². The molecule has 1 fully saturated rings. The van der Waals surface area contributed by atoms with Crippen LogP contribution in [0, 0.1) is 5.41 Å². The van der Waals surface area contributed by atoms with E-state index in [9.17, 15) is 5.11 Å². The Morgan fingerprint density at radius 2 is 2.50 bits per heavy atom. The number of aliphatic hydroxyl groups excluding tert-OH is 1. The minimum atomic E-state index is -0.157. The number of hydrogen-bond donors (Lipinski definition) is 2. The number of thiazole rings is 1. The fraction of sp³-hybridized carbons (Fsp3) is 0.700. The van der Waals surface area contributed by atoms with Gasteiger partial charge in [0, 0.05) is 23.4 Å². The van der Waals surface area contributed by atoms with E-state index in [0.29, 0.717) is 6.04 Å². The van der Waals surface area contributed by atoms with Gasteiger partial charge in [-0.1, -0.05) is 13.8 Å². The first kappa shape index (κ1) is 10.1. The van der Waals surface area contributed by atoms with Crippen LogP contribution >= 0.6 is 11.3 Å². The van der Waals surface area contributed by atoms with Gasteiger partial charge in [0.1, 0.15) is 0 Å². The largest absolute Gasteiger partial charge is 0.392 e. The van der Waals surface area contributed by atoms with Crippen LogP contribution in [0.3, 0.4) is 0 Å². The first-order valence-corrected chi connectivity index (χ1v) is 5.83. The molecule has 1 aromatic heterocycles. The van der Waals surface area contributed by atoms with Crippen molar-refractivity contribution in [3.05, 3.63) is 16.6 Å². The Labute approximate surface area is 88.2 Å². The van der Waals surface area contributed by atoms with E-state index in [4.69, 9.17) is 0 Å². The molecule has 1 aliphatic rings. The summed E-state index contributed by atoms with van der Waals surface area (Å²) < 4.78 is 0. The molecule has 0 saturated heterocycles. The number of hydrogen-bond acceptors (Lipinski definition) is 4. The number of aliphatic hydroxyl groups is 1. The minimum absolute atomic E-state index is 0.00994. The molecule has 2 atom stereocenters. The predicted octanol–water partition coefficient (Wildman–Crippen LogP) is 1.39. The van der Waals surface area contributed by atoms with Crippen molar-refractivity contribution in [2.24, 2.45) is 5.41 Å². The van der Waals surface area contributed by atoms with Gasteiger partial charge < -0.3 is 10.4 Å². The van der Waals surface area contributed by atoms with E-state index in [2.05, 4.69) is 29.5 Å². The molecule has 1 aromatic rings. The molecule has 14 heavy (non-hydrogen) atoms. The molecule has 3 nitrogen and oxygen atoms in total. The van der Waals surface area contributed by atoms with Gasteiger partial charge in [0.05, 0.1) is 17.3 Å². The molecule has 0 aliphatic heterocycles. The molecule has 2 N–H and O–H groups in total. The van der Waals surface area contributed by atoms with Crippen molar-refractivity contribution in [2.45, 2.75) is 39.0 Å². The van der Waals surface area contributed by atoms with Crippen LogP contribution in [-0.4, -0.2) is 22.2 Å². The predicted molar refractivity (Wildman–Crippen MR) is 57.1 cm³/mol. The summed E-state index contributed by atoms with van der Waals surface area (Å²) in [7, 11) is 0. The highest BCUT2D eigenvalue weighted by Crippen LogP contribution is 2.40. The lowest BCUT2D eigenvalue weighted by molar-refractivity contribution is -0.0730. The SMILES string of the molecule is CC1(C)C(O)CC1NCc1cscn1. The van der Waals surface area contributed by atoms with Gasteiger partial charge >= 0.3 is 0 Å². The van der Waals surface area contributed by atoms with Crippen LogP contribution in [0.15, 0.2) is 10.9 Å². The molecule has 0 bridgehead atoms. The Hall–Kier alpha value is -0.450. The van der Waals surface area contributed by atoms with Crippen LogP contribution < -0.4 is 5.32 Å². The first-order chi connectivity index (χ1) is 6.60. The highest BCUT2D eigenvalue weighted by molar-refractivity contribution is 7.07. The second kappa shape index (κ2) is 3.61. The van der Waals surface area contributed by atoms with Gasteiger partial charge in [-0.05, 0) is 6.42 Å². The minimum Gasteiger partial charge on any atom is -0.392 e. The Bertz CT molecular complexity index is 297. The van der Waals surface area contributed by atoms with Gasteiger partial charge in [-0.3, -0.25) is 0 Å². The maximum absolute atomic E-state index is 9.55. The van der Waals surface area contributed by atoms with Crippen LogP contribution in [0.2, 0.25) is 0 Å². The summed E-state index contributed by atoms with van der Waals surface area (Å²) in [6.45, 7) is 5.00. The van der Waals surface area contributed by atoms with Crippen molar-refractivity contribution in [2.75, 3.05) is 0 Å². The van der Waals surface area contributed by atoms with Crippen molar-refractivity contribution >= 4 is 11.3 Å². The third kappa shape index (κ3) is 1.69. The molecule has 4 heteroatoms. The lowest BCUT2D eigenvalue weighted by Crippen LogP contribution is -2.59. The third-order valence-corrected chi connectivity index (χ3v) is 3.86. The van der Waals surface area contributed by atoms with Crippen molar-refractivity contribution in [3.8, 4) is 0 Å². The van der Waals surface area contributed by atoms with E-state index in [1.807, 2.05) is 5.51 Å². The normalized spacial score (nSPS) is 29.9. The Balaban J connectivity index is 1.83. The number of aromatic nitrogens is 1. The lowest BCUT2D eigenvalue weighted by Gasteiger charge is -2.49. The van der Waals surface area contributed by atoms with E-state index in [-0.39, 0.29) is 11.5 Å². The zero-order valence-electron chi connectivity index (χ0n) is 8.53. The number of nitrogens with zero attached hydrogens (tertiary/aromatic N) is 1. The molecule has 2 rings (SSSR count). The second-order valence-electron chi connectivity index (χ2n) is 4.49. The average molecular weight is 212 g/mol. The van der Waals surface area contributed by atoms with Gasteiger partial charge in [0.25, 0.3) is 0 Å². The third-order valence-electron chi connectivity index (χ3n) is 3.23. The molecule has 78 valence electrons. The first-order valence-electron chi connectivity index (χ1n) is 4.89. The van der Waals surface area contributed by atoms with Gasteiger partial charge in [-0.25, -0.2) is 4.98 Å². The summed E-state index contributed by atoms with van der Waals surface area (Å²) in [5, 5.41) is 15.0. The van der Waals surface area contributed by atoms with Crippen LogP contribution in [0.25, 0.3) is 0 Å². The summed E-state index contributed by atoms with van der Waals surface area (Å²) in [5.41, 5.74) is 2.94. The summed E-state index contributed by atoms with van der Waals surface area (Å²) in [6, 6.07) is 0.416. The molecule has 0 amide bonds. The van der Waals surface area contributed by atoms with Crippen molar-refractivity contribution in [1.29, 1.82) is 0 Å². The van der Waals surface area contributed by atoms with E-state index < -0.39 is 0 Å². The smallest absolute Gasteiger partial charge is 0.0795 e. The second-order valence-corrected chi connectivity index (χ2v) is 5.20. The molecule has 0 spiro atoms. The number of rotatable bonds is 3. The fourth-order valence-corrected chi connectivity index (χ4v) is 2.36.